The Labute approximate surface area is 200 Å². The molecule has 0 atom stereocenters. The van der Waals surface area contributed by atoms with Gasteiger partial charge in [-0.2, -0.15) is 0 Å². The van der Waals surface area contributed by atoms with Crippen molar-refractivity contribution in [3.05, 3.63) is 46.8 Å². The van der Waals surface area contributed by atoms with Crippen LogP contribution in [0.5, 0.6) is 11.8 Å². The molecule has 188 valence electrons. The molecular weight excluding hydrogens is 440 g/mol. The molecule has 2 aromatic heterocycles. The van der Waals surface area contributed by atoms with E-state index in [0.717, 1.165) is 59.0 Å². The van der Waals surface area contributed by atoms with Crippen molar-refractivity contribution in [2.45, 2.75) is 37.9 Å². The minimum absolute atomic E-state index is 0.0132. The molecule has 2 saturated heterocycles. The van der Waals surface area contributed by atoms with Crippen LogP contribution in [0.15, 0.2) is 36.7 Å². The molecule has 0 amide bonds. The number of nitrogens with two attached hydrogens (primary N) is 1. The Hall–Kier alpha value is -3.02. The first kappa shape index (κ1) is 27.2. The molecule has 0 aliphatic carbocycles. The highest BCUT2D eigenvalue weighted by Crippen LogP contribution is 2.19. The molecule has 0 radical (unpaired) electrons. The average molecular weight is 477 g/mol. The van der Waals surface area contributed by atoms with E-state index in [1.165, 1.54) is 12.3 Å². The number of ether oxygens (including phenoxy) is 2. The predicted octanol–water partition coefficient (Wildman–Crippen LogP) is 2.21. The van der Waals surface area contributed by atoms with E-state index in [0.29, 0.717) is 23.6 Å². The Kier molecular flexibility index (Phi) is 11.4. The van der Waals surface area contributed by atoms with Gasteiger partial charge in [0.2, 0.25) is 11.8 Å². The number of hydrogen-bond acceptors (Lipinski definition) is 10. The lowest BCUT2D eigenvalue weighted by Gasteiger charge is -2.28. The first-order valence-corrected chi connectivity index (χ1v) is 11.4. The molecule has 2 aliphatic rings. The molecule has 11 heteroatoms. The molecular formula is C23H36N6O5. The standard InChI is InChI=1S/C11H15N3O3.C11H17N3O.CH4O/c1-13-6-4-10(5-7-13)17-11-3-2-9(8-12-11)14(15)16;1-14-6-4-10(5-7-14)15-11-3-2-9(12)8-13-11;1-2/h2-3,8,10H,4-7H2,1H3;2-3,8,10H,4-7,12H2,1H3;2H,1H3. The van der Waals surface area contributed by atoms with Gasteiger partial charge in [-0.3, -0.25) is 10.1 Å². The minimum atomic E-state index is -0.466. The van der Waals surface area contributed by atoms with Crippen LogP contribution in [0.3, 0.4) is 0 Å². The summed E-state index contributed by atoms with van der Waals surface area (Å²) in [4.78, 5) is 22.6. The molecule has 3 N–H and O–H groups in total. The number of aliphatic hydroxyl groups excluding tert-OH is 1. The van der Waals surface area contributed by atoms with Crippen molar-refractivity contribution in [3.8, 4) is 11.8 Å². The quantitative estimate of drug-likeness (QED) is 0.487. The molecule has 2 aliphatic heterocycles. The number of hydrogen-bond donors (Lipinski definition) is 2. The Morgan fingerprint density at radius 1 is 0.882 bits per heavy atom. The maximum atomic E-state index is 10.5. The van der Waals surface area contributed by atoms with Gasteiger partial charge < -0.3 is 30.1 Å². The van der Waals surface area contributed by atoms with Crippen LogP contribution < -0.4 is 15.2 Å². The second-order valence-electron chi connectivity index (χ2n) is 8.28. The molecule has 0 spiro atoms. The minimum Gasteiger partial charge on any atom is -0.474 e. The van der Waals surface area contributed by atoms with Crippen LogP contribution >= 0.6 is 0 Å². The van der Waals surface area contributed by atoms with Gasteiger partial charge >= 0.3 is 0 Å². The third-order valence-electron chi connectivity index (χ3n) is 5.60. The first-order chi connectivity index (χ1) is 16.4. The highest BCUT2D eigenvalue weighted by atomic mass is 16.6. The molecule has 0 bridgehead atoms. The van der Waals surface area contributed by atoms with Crippen LogP contribution in [-0.4, -0.2) is 89.4 Å². The third kappa shape index (κ3) is 9.46. The highest BCUT2D eigenvalue weighted by molar-refractivity contribution is 5.36. The van der Waals surface area contributed by atoms with Crippen molar-refractivity contribution in [3.63, 3.8) is 0 Å². The van der Waals surface area contributed by atoms with E-state index < -0.39 is 4.92 Å². The number of nitrogens with zero attached hydrogens (tertiary/aromatic N) is 5. The SMILES string of the molecule is CN1CCC(Oc2ccc(N)cn2)CC1.CN1CCC(Oc2ccc([N+](=O)[O-])cn2)CC1.CO. The summed E-state index contributed by atoms with van der Waals surface area (Å²) in [6.07, 6.45) is 7.40. The zero-order valence-electron chi connectivity index (χ0n) is 20.2. The molecule has 34 heavy (non-hydrogen) atoms. The van der Waals surface area contributed by atoms with Crippen molar-refractivity contribution in [1.82, 2.24) is 19.8 Å². The second-order valence-corrected chi connectivity index (χ2v) is 8.28. The van der Waals surface area contributed by atoms with Crippen LogP contribution in [0.4, 0.5) is 11.4 Å². The maximum absolute atomic E-state index is 10.5. The fourth-order valence-electron chi connectivity index (χ4n) is 3.56. The van der Waals surface area contributed by atoms with Gasteiger partial charge in [0, 0.05) is 51.5 Å². The monoisotopic (exact) mass is 476 g/mol. The smallest absolute Gasteiger partial charge is 0.287 e. The lowest BCUT2D eigenvalue weighted by Crippen LogP contribution is -2.35. The predicted molar refractivity (Wildman–Crippen MR) is 130 cm³/mol. The van der Waals surface area contributed by atoms with Crippen LogP contribution in [0.2, 0.25) is 0 Å². The van der Waals surface area contributed by atoms with Crippen LogP contribution in [-0.2, 0) is 0 Å². The van der Waals surface area contributed by atoms with Crippen molar-refractivity contribution in [1.29, 1.82) is 0 Å². The molecule has 0 unspecified atom stereocenters. The van der Waals surface area contributed by atoms with Crippen molar-refractivity contribution >= 4 is 11.4 Å². The van der Waals surface area contributed by atoms with Gasteiger partial charge in [0.25, 0.3) is 5.69 Å². The van der Waals surface area contributed by atoms with Gasteiger partial charge in [0.15, 0.2) is 0 Å². The van der Waals surface area contributed by atoms with Crippen molar-refractivity contribution in [2.75, 3.05) is 53.1 Å². The number of nitro groups is 1. The number of anilines is 1. The normalized spacial score (nSPS) is 17.5. The summed E-state index contributed by atoms with van der Waals surface area (Å²) in [5, 5.41) is 17.5. The Balaban J connectivity index is 0.000000225. The van der Waals surface area contributed by atoms with Gasteiger partial charge in [0.1, 0.15) is 18.4 Å². The number of pyridine rings is 2. The Bertz CT molecular complexity index is 836. The van der Waals surface area contributed by atoms with E-state index in [-0.39, 0.29) is 11.8 Å². The van der Waals surface area contributed by atoms with E-state index in [9.17, 15) is 10.1 Å². The summed E-state index contributed by atoms with van der Waals surface area (Å²) in [6.45, 7) is 4.22. The first-order valence-electron chi connectivity index (χ1n) is 11.4. The van der Waals surface area contributed by atoms with Crippen LogP contribution in [0.25, 0.3) is 0 Å². The largest absolute Gasteiger partial charge is 0.474 e. The fourth-order valence-corrected chi connectivity index (χ4v) is 3.56. The molecule has 0 aromatic carbocycles. The van der Waals surface area contributed by atoms with Crippen molar-refractivity contribution in [2.24, 2.45) is 0 Å². The number of piperidine rings is 2. The fraction of sp³-hybridized carbons (Fsp3) is 0.565. The summed E-state index contributed by atoms with van der Waals surface area (Å²) in [7, 11) is 5.22. The van der Waals surface area contributed by atoms with E-state index in [4.69, 9.17) is 20.3 Å². The number of rotatable bonds is 5. The van der Waals surface area contributed by atoms with Gasteiger partial charge in [-0.15, -0.1) is 0 Å². The molecule has 4 heterocycles. The van der Waals surface area contributed by atoms with E-state index in [1.54, 1.807) is 12.3 Å². The molecule has 0 saturated carbocycles. The van der Waals surface area contributed by atoms with Crippen LogP contribution in [0, 0.1) is 10.1 Å². The average Bonchev–Trinajstić information content (AvgIpc) is 2.85. The Morgan fingerprint density at radius 2 is 1.32 bits per heavy atom. The molecule has 2 aromatic rings. The zero-order valence-corrected chi connectivity index (χ0v) is 20.2. The molecule has 2 fully saturated rings. The lowest BCUT2D eigenvalue weighted by atomic mass is 10.1. The Morgan fingerprint density at radius 3 is 1.68 bits per heavy atom. The number of aliphatic hydroxyl groups is 1. The topological polar surface area (TPSA) is 140 Å². The molecule has 11 nitrogen and oxygen atoms in total. The summed E-state index contributed by atoms with van der Waals surface area (Å²) >= 11 is 0. The zero-order chi connectivity index (χ0) is 24.9. The highest BCUT2D eigenvalue weighted by Gasteiger charge is 2.19. The van der Waals surface area contributed by atoms with Gasteiger partial charge in [-0.1, -0.05) is 0 Å². The third-order valence-corrected chi connectivity index (χ3v) is 5.60. The van der Waals surface area contributed by atoms with Crippen LogP contribution in [0.1, 0.15) is 25.7 Å². The van der Waals surface area contributed by atoms with Gasteiger partial charge in [0.05, 0.1) is 16.8 Å². The number of aromatic nitrogens is 2. The van der Waals surface area contributed by atoms with Crippen molar-refractivity contribution < 1.29 is 19.5 Å². The van der Waals surface area contributed by atoms with Gasteiger partial charge in [-0.05, 0) is 45.8 Å². The van der Waals surface area contributed by atoms with E-state index in [1.807, 2.05) is 12.1 Å². The summed E-state index contributed by atoms with van der Waals surface area (Å²) < 4.78 is 11.4. The summed E-state index contributed by atoms with van der Waals surface area (Å²) in [6, 6.07) is 6.61. The summed E-state index contributed by atoms with van der Waals surface area (Å²) in [5.74, 6) is 1.14. The number of likely N-dealkylation sites (tertiary alicyclic amines) is 2. The van der Waals surface area contributed by atoms with E-state index >= 15 is 0 Å². The second kappa shape index (κ2) is 14.3. The van der Waals surface area contributed by atoms with E-state index in [2.05, 4.69) is 33.9 Å². The maximum Gasteiger partial charge on any atom is 0.287 e. The molecule has 4 rings (SSSR count). The number of nitrogen functional groups attached to an aromatic ring is 1. The van der Waals surface area contributed by atoms with Gasteiger partial charge in [-0.25, -0.2) is 9.97 Å². The summed E-state index contributed by atoms with van der Waals surface area (Å²) in [5.41, 5.74) is 6.21. The lowest BCUT2D eigenvalue weighted by molar-refractivity contribution is -0.385.